The summed E-state index contributed by atoms with van der Waals surface area (Å²) >= 11 is 6.19. The highest BCUT2D eigenvalue weighted by Crippen LogP contribution is 2.26. The van der Waals surface area contributed by atoms with E-state index in [0.717, 1.165) is 12.0 Å². The van der Waals surface area contributed by atoms with Crippen molar-refractivity contribution in [2.24, 2.45) is 5.84 Å². The number of halogens is 1. The third-order valence-corrected chi connectivity index (χ3v) is 3.96. The predicted molar refractivity (Wildman–Crippen MR) is 88.2 cm³/mol. The van der Waals surface area contributed by atoms with Gasteiger partial charge in [0.05, 0.1) is 11.1 Å². The number of nitrogens with zero attached hydrogens (tertiary/aromatic N) is 1. The van der Waals surface area contributed by atoms with E-state index in [-0.39, 0.29) is 11.5 Å². The van der Waals surface area contributed by atoms with Crippen molar-refractivity contribution < 1.29 is 0 Å². The fourth-order valence-electron chi connectivity index (χ4n) is 2.30. The van der Waals surface area contributed by atoms with Gasteiger partial charge in [0.2, 0.25) is 0 Å². The minimum Gasteiger partial charge on any atom is -0.271 e. The van der Waals surface area contributed by atoms with Crippen molar-refractivity contribution in [3.63, 3.8) is 0 Å². The average Bonchev–Trinajstić information content (AvgIpc) is 2.45. The molecule has 3 nitrogen and oxygen atoms in total. The number of nitrogens with one attached hydrogen (secondary N) is 1. The van der Waals surface area contributed by atoms with Gasteiger partial charge in [0.25, 0.3) is 0 Å². The Labute approximate surface area is 131 Å². The first-order valence-electron chi connectivity index (χ1n) is 7.07. The first-order valence-corrected chi connectivity index (χ1v) is 7.44. The van der Waals surface area contributed by atoms with Gasteiger partial charge in [-0.25, -0.2) is 0 Å². The van der Waals surface area contributed by atoms with Crippen LogP contribution in [-0.4, -0.2) is 4.98 Å². The number of hydrogen-bond acceptors (Lipinski definition) is 3. The summed E-state index contributed by atoms with van der Waals surface area (Å²) in [4.78, 5) is 4.01. The second-order valence-electron chi connectivity index (χ2n) is 6.27. The summed E-state index contributed by atoms with van der Waals surface area (Å²) in [6.45, 7) is 6.63. The molecule has 1 atom stereocenters. The van der Waals surface area contributed by atoms with Crippen molar-refractivity contribution >= 4 is 11.6 Å². The molecule has 0 saturated carbocycles. The fourth-order valence-corrected chi connectivity index (χ4v) is 2.55. The molecule has 0 aliphatic heterocycles. The maximum atomic E-state index is 6.19. The number of rotatable bonds is 4. The molecule has 0 amide bonds. The normalized spacial score (nSPS) is 13.2. The number of hydrazine groups is 1. The zero-order chi connectivity index (χ0) is 15.5. The lowest BCUT2D eigenvalue weighted by atomic mass is 9.86. The van der Waals surface area contributed by atoms with E-state index in [1.165, 1.54) is 11.1 Å². The van der Waals surface area contributed by atoms with Crippen LogP contribution in [0.2, 0.25) is 5.02 Å². The van der Waals surface area contributed by atoms with E-state index >= 15 is 0 Å². The van der Waals surface area contributed by atoms with Gasteiger partial charge < -0.3 is 0 Å². The summed E-state index contributed by atoms with van der Waals surface area (Å²) in [6, 6.07) is 10.5. The molecule has 0 bridgehead atoms. The van der Waals surface area contributed by atoms with Crippen LogP contribution in [0.25, 0.3) is 0 Å². The topological polar surface area (TPSA) is 50.9 Å². The lowest BCUT2D eigenvalue weighted by molar-refractivity contribution is 0.550. The van der Waals surface area contributed by atoms with E-state index in [1.54, 1.807) is 12.4 Å². The number of benzene rings is 1. The molecule has 1 unspecified atom stereocenters. The molecule has 0 spiro atoms. The van der Waals surface area contributed by atoms with Crippen LogP contribution in [0.3, 0.4) is 0 Å². The van der Waals surface area contributed by atoms with Crippen LogP contribution < -0.4 is 11.3 Å². The lowest BCUT2D eigenvalue weighted by Gasteiger charge is -2.21. The maximum absolute atomic E-state index is 6.19. The van der Waals surface area contributed by atoms with E-state index in [0.29, 0.717) is 5.02 Å². The molecule has 0 aliphatic carbocycles. The molecular weight excluding hydrogens is 282 g/mol. The Kier molecular flexibility index (Phi) is 4.99. The molecule has 3 N–H and O–H groups in total. The first kappa shape index (κ1) is 16.0. The minimum absolute atomic E-state index is 0.0269. The van der Waals surface area contributed by atoms with Gasteiger partial charge in [0, 0.05) is 12.4 Å². The van der Waals surface area contributed by atoms with Gasteiger partial charge in [-0.3, -0.25) is 16.3 Å². The molecule has 4 heteroatoms. The highest BCUT2D eigenvalue weighted by molar-refractivity contribution is 6.31. The van der Waals surface area contributed by atoms with Gasteiger partial charge in [-0.05, 0) is 34.6 Å². The third kappa shape index (κ3) is 4.03. The van der Waals surface area contributed by atoms with Crippen LogP contribution in [0, 0.1) is 0 Å². The van der Waals surface area contributed by atoms with Crippen molar-refractivity contribution in [2.75, 3.05) is 0 Å². The lowest BCUT2D eigenvalue weighted by Crippen LogP contribution is -2.29. The molecule has 0 fully saturated rings. The molecule has 21 heavy (non-hydrogen) atoms. The van der Waals surface area contributed by atoms with E-state index in [4.69, 9.17) is 17.4 Å². The summed E-state index contributed by atoms with van der Waals surface area (Å²) in [5, 5.41) is 0.631. The molecule has 2 rings (SSSR count). The molecule has 0 saturated heterocycles. The number of aromatic nitrogens is 1. The molecule has 0 aliphatic rings. The van der Waals surface area contributed by atoms with Gasteiger partial charge in [0.15, 0.2) is 0 Å². The van der Waals surface area contributed by atoms with E-state index in [2.05, 4.69) is 55.4 Å². The summed E-state index contributed by atoms with van der Waals surface area (Å²) < 4.78 is 0. The van der Waals surface area contributed by atoms with Crippen LogP contribution in [-0.2, 0) is 11.8 Å². The standard InChI is InChI=1S/C17H22ClN3/c1-17(2,3)13-6-4-12(5-7-13)10-16(21-19)14-8-9-20-11-15(14)18/h4-9,11,16,21H,10,19H2,1-3H3. The highest BCUT2D eigenvalue weighted by atomic mass is 35.5. The molecule has 1 heterocycles. The fraction of sp³-hybridized carbons (Fsp3) is 0.353. The van der Waals surface area contributed by atoms with Crippen molar-refractivity contribution in [1.82, 2.24) is 10.4 Å². The maximum Gasteiger partial charge on any atom is 0.0637 e. The Hall–Kier alpha value is -1.42. The summed E-state index contributed by atoms with van der Waals surface area (Å²) in [6.07, 6.45) is 4.16. The summed E-state index contributed by atoms with van der Waals surface area (Å²) in [5.74, 6) is 5.69. The van der Waals surface area contributed by atoms with Crippen LogP contribution in [0.5, 0.6) is 0 Å². The first-order chi connectivity index (χ1) is 9.91. The summed E-state index contributed by atoms with van der Waals surface area (Å²) in [7, 11) is 0. The molecule has 1 aromatic carbocycles. The van der Waals surface area contributed by atoms with Crippen molar-refractivity contribution in [3.05, 3.63) is 64.4 Å². The van der Waals surface area contributed by atoms with Crippen LogP contribution >= 0.6 is 11.6 Å². The van der Waals surface area contributed by atoms with Crippen molar-refractivity contribution in [2.45, 2.75) is 38.6 Å². The summed E-state index contributed by atoms with van der Waals surface area (Å²) in [5.41, 5.74) is 6.52. The molecular formula is C17H22ClN3. The second-order valence-corrected chi connectivity index (χ2v) is 6.67. The molecule has 0 radical (unpaired) electrons. The Bertz CT molecular complexity index is 588. The third-order valence-electron chi connectivity index (χ3n) is 3.64. The SMILES string of the molecule is CC(C)(C)c1ccc(CC(NN)c2ccncc2Cl)cc1. The Morgan fingerprint density at radius 2 is 1.86 bits per heavy atom. The second kappa shape index (κ2) is 6.56. The predicted octanol–water partition coefficient (Wildman–Crippen LogP) is 3.78. The Balaban J connectivity index is 2.18. The van der Waals surface area contributed by atoms with Crippen molar-refractivity contribution in [1.29, 1.82) is 0 Å². The number of nitrogens with two attached hydrogens (primary N) is 1. The van der Waals surface area contributed by atoms with E-state index < -0.39 is 0 Å². The average molecular weight is 304 g/mol. The zero-order valence-electron chi connectivity index (χ0n) is 12.7. The Morgan fingerprint density at radius 3 is 2.38 bits per heavy atom. The van der Waals surface area contributed by atoms with Crippen molar-refractivity contribution in [3.8, 4) is 0 Å². The quantitative estimate of drug-likeness (QED) is 0.667. The van der Waals surface area contributed by atoms with Crippen LogP contribution in [0.4, 0.5) is 0 Å². The van der Waals surface area contributed by atoms with Gasteiger partial charge in [-0.2, -0.15) is 0 Å². The molecule has 1 aromatic heterocycles. The Morgan fingerprint density at radius 1 is 1.19 bits per heavy atom. The van der Waals surface area contributed by atoms with E-state index in [9.17, 15) is 0 Å². The zero-order valence-corrected chi connectivity index (χ0v) is 13.5. The van der Waals surface area contributed by atoms with E-state index in [1.807, 2.05) is 6.07 Å². The number of hydrogen-bond donors (Lipinski definition) is 2. The minimum atomic E-state index is -0.0269. The van der Waals surface area contributed by atoms with Gasteiger partial charge in [-0.15, -0.1) is 0 Å². The van der Waals surface area contributed by atoms with Crippen LogP contribution in [0.15, 0.2) is 42.7 Å². The highest BCUT2D eigenvalue weighted by Gasteiger charge is 2.16. The van der Waals surface area contributed by atoms with Gasteiger partial charge in [0.1, 0.15) is 0 Å². The van der Waals surface area contributed by atoms with Gasteiger partial charge in [-0.1, -0.05) is 56.6 Å². The molecule has 2 aromatic rings. The monoisotopic (exact) mass is 303 g/mol. The largest absolute Gasteiger partial charge is 0.271 e. The van der Waals surface area contributed by atoms with Gasteiger partial charge >= 0.3 is 0 Å². The van der Waals surface area contributed by atoms with Crippen LogP contribution in [0.1, 0.15) is 43.5 Å². The molecule has 112 valence electrons. The smallest absolute Gasteiger partial charge is 0.0637 e. The number of pyridine rings is 1.